The number of likely N-dealkylation sites (N-methyl/N-ethyl adjacent to an activating group) is 1. The first-order chi connectivity index (χ1) is 8.79. The molecule has 0 bridgehead atoms. The normalized spacial score (nSPS) is 22.2. The first-order valence-electron chi connectivity index (χ1n) is 6.96. The van der Waals surface area contributed by atoms with Crippen LogP contribution in [0.5, 0.6) is 0 Å². The maximum atomic E-state index is 5.62. The van der Waals surface area contributed by atoms with E-state index in [0.717, 1.165) is 19.5 Å². The van der Waals surface area contributed by atoms with Gasteiger partial charge in [0, 0.05) is 32.2 Å². The number of rotatable bonds is 5. The fraction of sp³-hybridized carbons (Fsp3) is 0.600. The highest BCUT2D eigenvalue weighted by atomic mass is 15.3. The minimum Gasteiger partial charge on any atom is -0.330 e. The summed E-state index contributed by atoms with van der Waals surface area (Å²) in [6, 6.07) is 11.4. The van der Waals surface area contributed by atoms with Crippen molar-refractivity contribution in [2.24, 2.45) is 5.73 Å². The quantitative estimate of drug-likeness (QED) is 0.856. The Labute approximate surface area is 111 Å². The number of hydrogen-bond acceptors (Lipinski definition) is 3. The molecule has 1 saturated heterocycles. The van der Waals surface area contributed by atoms with Crippen LogP contribution in [-0.2, 0) is 6.54 Å². The lowest BCUT2D eigenvalue weighted by Gasteiger charge is -2.39. The zero-order valence-corrected chi connectivity index (χ0v) is 11.4. The zero-order valence-electron chi connectivity index (χ0n) is 11.4. The minimum atomic E-state index is 0.672. The Morgan fingerprint density at radius 1 is 1.22 bits per heavy atom. The van der Waals surface area contributed by atoms with Gasteiger partial charge < -0.3 is 10.6 Å². The van der Waals surface area contributed by atoms with Crippen LogP contribution in [0.4, 0.5) is 0 Å². The molecule has 0 amide bonds. The average molecular weight is 247 g/mol. The number of hydrogen-bond donors (Lipinski definition) is 1. The molecular formula is C15H25N3. The number of nitrogens with two attached hydrogens (primary N) is 1. The number of benzene rings is 1. The first-order valence-corrected chi connectivity index (χ1v) is 6.96. The van der Waals surface area contributed by atoms with Crippen molar-refractivity contribution in [3.05, 3.63) is 35.9 Å². The SMILES string of the molecule is CN1CCN(Cc2ccccc2)CC1CCCN. The summed E-state index contributed by atoms with van der Waals surface area (Å²) in [7, 11) is 2.24. The molecule has 1 fully saturated rings. The van der Waals surface area contributed by atoms with E-state index in [0.29, 0.717) is 6.04 Å². The van der Waals surface area contributed by atoms with Gasteiger partial charge in [0.1, 0.15) is 0 Å². The van der Waals surface area contributed by atoms with Crippen molar-refractivity contribution in [3.8, 4) is 0 Å². The number of nitrogens with zero attached hydrogens (tertiary/aromatic N) is 2. The Hall–Kier alpha value is -0.900. The van der Waals surface area contributed by atoms with Gasteiger partial charge in [-0.3, -0.25) is 4.90 Å². The van der Waals surface area contributed by atoms with Crippen LogP contribution in [0.25, 0.3) is 0 Å². The van der Waals surface area contributed by atoms with E-state index in [4.69, 9.17) is 5.73 Å². The molecule has 1 aromatic rings. The molecule has 3 heteroatoms. The van der Waals surface area contributed by atoms with Gasteiger partial charge in [0.2, 0.25) is 0 Å². The van der Waals surface area contributed by atoms with Crippen molar-refractivity contribution in [1.29, 1.82) is 0 Å². The van der Waals surface area contributed by atoms with Crippen LogP contribution >= 0.6 is 0 Å². The molecule has 2 N–H and O–H groups in total. The summed E-state index contributed by atoms with van der Waals surface area (Å²) in [4.78, 5) is 5.05. The smallest absolute Gasteiger partial charge is 0.0234 e. The molecule has 100 valence electrons. The molecule has 1 aromatic carbocycles. The third-order valence-electron chi connectivity index (χ3n) is 3.85. The molecule has 1 heterocycles. The maximum Gasteiger partial charge on any atom is 0.0234 e. The van der Waals surface area contributed by atoms with Gasteiger partial charge in [-0.05, 0) is 32.0 Å². The molecular weight excluding hydrogens is 222 g/mol. The van der Waals surface area contributed by atoms with E-state index >= 15 is 0 Å². The summed E-state index contributed by atoms with van der Waals surface area (Å²) in [6.45, 7) is 5.40. The van der Waals surface area contributed by atoms with Crippen molar-refractivity contribution in [1.82, 2.24) is 9.80 Å². The average Bonchev–Trinajstić information content (AvgIpc) is 2.40. The van der Waals surface area contributed by atoms with Crippen molar-refractivity contribution >= 4 is 0 Å². The van der Waals surface area contributed by atoms with Crippen LogP contribution in [0.2, 0.25) is 0 Å². The molecule has 2 rings (SSSR count). The Bertz CT molecular complexity index is 339. The summed E-state index contributed by atoms with van der Waals surface area (Å²) in [5, 5.41) is 0. The lowest BCUT2D eigenvalue weighted by molar-refractivity contribution is 0.0849. The second kappa shape index (κ2) is 6.88. The van der Waals surface area contributed by atoms with Gasteiger partial charge in [-0.1, -0.05) is 30.3 Å². The molecule has 0 saturated carbocycles. The van der Waals surface area contributed by atoms with Crippen molar-refractivity contribution < 1.29 is 0 Å². The van der Waals surface area contributed by atoms with Crippen molar-refractivity contribution in [2.75, 3.05) is 33.2 Å². The highest BCUT2D eigenvalue weighted by Gasteiger charge is 2.23. The predicted octanol–water partition coefficient (Wildman–Crippen LogP) is 1.54. The molecule has 1 aliphatic rings. The molecule has 1 atom stereocenters. The van der Waals surface area contributed by atoms with E-state index in [1.807, 2.05) is 0 Å². The standard InChI is InChI=1S/C15H25N3/c1-17-10-11-18(13-15(17)8-5-9-16)12-14-6-3-2-4-7-14/h2-4,6-7,15H,5,8-13,16H2,1H3. The van der Waals surface area contributed by atoms with E-state index in [1.54, 1.807) is 0 Å². The minimum absolute atomic E-state index is 0.672. The van der Waals surface area contributed by atoms with Gasteiger partial charge in [-0.25, -0.2) is 0 Å². The molecule has 18 heavy (non-hydrogen) atoms. The summed E-state index contributed by atoms with van der Waals surface area (Å²) in [5.74, 6) is 0. The molecule has 3 nitrogen and oxygen atoms in total. The lowest BCUT2D eigenvalue weighted by Crippen LogP contribution is -2.51. The third-order valence-corrected chi connectivity index (χ3v) is 3.85. The second-order valence-electron chi connectivity index (χ2n) is 5.29. The van der Waals surface area contributed by atoms with Gasteiger partial charge >= 0.3 is 0 Å². The molecule has 0 aliphatic carbocycles. The van der Waals surface area contributed by atoms with E-state index in [1.165, 1.54) is 31.6 Å². The topological polar surface area (TPSA) is 32.5 Å². The monoisotopic (exact) mass is 247 g/mol. The van der Waals surface area contributed by atoms with E-state index in [-0.39, 0.29) is 0 Å². The van der Waals surface area contributed by atoms with E-state index in [9.17, 15) is 0 Å². The Morgan fingerprint density at radius 3 is 2.72 bits per heavy atom. The summed E-state index contributed by atoms with van der Waals surface area (Å²) < 4.78 is 0. The molecule has 0 radical (unpaired) electrons. The van der Waals surface area contributed by atoms with Gasteiger partial charge in [0.25, 0.3) is 0 Å². The van der Waals surface area contributed by atoms with Gasteiger partial charge in [0.05, 0.1) is 0 Å². The Kier molecular flexibility index (Phi) is 5.17. The molecule has 0 spiro atoms. The number of piperazine rings is 1. The van der Waals surface area contributed by atoms with Crippen molar-refractivity contribution in [2.45, 2.75) is 25.4 Å². The van der Waals surface area contributed by atoms with E-state index in [2.05, 4.69) is 47.2 Å². The molecule has 0 aromatic heterocycles. The summed E-state index contributed by atoms with van der Waals surface area (Å²) in [5.41, 5.74) is 7.03. The van der Waals surface area contributed by atoms with Crippen LogP contribution in [0.1, 0.15) is 18.4 Å². The Morgan fingerprint density at radius 2 is 2.00 bits per heavy atom. The fourth-order valence-electron chi connectivity index (χ4n) is 2.66. The third kappa shape index (κ3) is 3.80. The van der Waals surface area contributed by atoms with Crippen LogP contribution in [0.15, 0.2) is 30.3 Å². The highest BCUT2D eigenvalue weighted by Crippen LogP contribution is 2.15. The van der Waals surface area contributed by atoms with Gasteiger partial charge in [-0.2, -0.15) is 0 Å². The van der Waals surface area contributed by atoms with Crippen LogP contribution < -0.4 is 5.73 Å². The van der Waals surface area contributed by atoms with Crippen molar-refractivity contribution in [3.63, 3.8) is 0 Å². The fourth-order valence-corrected chi connectivity index (χ4v) is 2.66. The zero-order chi connectivity index (χ0) is 12.8. The van der Waals surface area contributed by atoms with Crippen LogP contribution in [0, 0.1) is 0 Å². The Balaban J connectivity index is 1.87. The second-order valence-corrected chi connectivity index (χ2v) is 5.29. The highest BCUT2D eigenvalue weighted by molar-refractivity contribution is 5.14. The summed E-state index contributed by atoms with van der Waals surface area (Å²) in [6.07, 6.45) is 2.35. The molecule has 1 unspecified atom stereocenters. The van der Waals surface area contributed by atoms with Crippen LogP contribution in [0.3, 0.4) is 0 Å². The van der Waals surface area contributed by atoms with Crippen LogP contribution in [-0.4, -0.2) is 49.1 Å². The molecule has 1 aliphatic heterocycles. The van der Waals surface area contributed by atoms with Gasteiger partial charge in [-0.15, -0.1) is 0 Å². The largest absolute Gasteiger partial charge is 0.330 e. The summed E-state index contributed by atoms with van der Waals surface area (Å²) >= 11 is 0. The van der Waals surface area contributed by atoms with Gasteiger partial charge in [0.15, 0.2) is 0 Å². The first kappa shape index (κ1) is 13.5. The lowest BCUT2D eigenvalue weighted by atomic mass is 10.1. The maximum absolute atomic E-state index is 5.62. The van der Waals surface area contributed by atoms with E-state index < -0.39 is 0 Å². The predicted molar refractivity (Wildman–Crippen MR) is 76.4 cm³/mol.